The van der Waals surface area contributed by atoms with Gasteiger partial charge in [-0.2, -0.15) is 0 Å². The van der Waals surface area contributed by atoms with E-state index in [1.165, 1.54) is 11.1 Å². The molecule has 0 aliphatic carbocycles. The Morgan fingerprint density at radius 1 is 1.29 bits per heavy atom. The SMILES string of the molecule is CCCNC(c1cc(C)oc1C)C1COc2ccccc21. The van der Waals surface area contributed by atoms with Crippen LogP contribution >= 0.6 is 0 Å². The van der Waals surface area contributed by atoms with Gasteiger partial charge in [0.05, 0.1) is 6.61 Å². The number of aryl methyl sites for hydroxylation is 2. The van der Waals surface area contributed by atoms with Crippen molar-refractivity contribution in [1.82, 2.24) is 5.32 Å². The number of furan rings is 1. The largest absolute Gasteiger partial charge is 0.493 e. The Balaban J connectivity index is 1.95. The zero-order chi connectivity index (χ0) is 14.8. The van der Waals surface area contributed by atoms with Gasteiger partial charge in [-0.25, -0.2) is 0 Å². The van der Waals surface area contributed by atoms with E-state index in [4.69, 9.17) is 9.15 Å². The van der Waals surface area contributed by atoms with Crippen LogP contribution in [0.15, 0.2) is 34.7 Å². The summed E-state index contributed by atoms with van der Waals surface area (Å²) in [7, 11) is 0. The molecule has 1 aliphatic rings. The Morgan fingerprint density at radius 3 is 2.81 bits per heavy atom. The van der Waals surface area contributed by atoms with E-state index in [1.807, 2.05) is 19.9 Å². The molecule has 3 nitrogen and oxygen atoms in total. The fourth-order valence-corrected chi connectivity index (χ4v) is 3.19. The minimum Gasteiger partial charge on any atom is -0.493 e. The molecule has 1 aliphatic heterocycles. The molecule has 1 aromatic heterocycles. The molecule has 2 aromatic rings. The summed E-state index contributed by atoms with van der Waals surface area (Å²) in [5, 5.41) is 3.68. The predicted molar refractivity (Wildman–Crippen MR) is 83.9 cm³/mol. The monoisotopic (exact) mass is 285 g/mol. The van der Waals surface area contributed by atoms with Crippen molar-refractivity contribution >= 4 is 0 Å². The summed E-state index contributed by atoms with van der Waals surface area (Å²) in [6, 6.07) is 10.7. The number of rotatable bonds is 5. The van der Waals surface area contributed by atoms with E-state index in [-0.39, 0.29) is 6.04 Å². The lowest BCUT2D eigenvalue weighted by atomic mass is 9.88. The average Bonchev–Trinajstić information content (AvgIpc) is 3.04. The summed E-state index contributed by atoms with van der Waals surface area (Å²) in [5.41, 5.74) is 2.55. The van der Waals surface area contributed by atoms with Crippen LogP contribution in [0.25, 0.3) is 0 Å². The van der Waals surface area contributed by atoms with Crippen LogP contribution in [-0.4, -0.2) is 13.2 Å². The third kappa shape index (κ3) is 2.70. The normalized spacial score (nSPS) is 18.3. The Morgan fingerprint density at radius 2 is 2.10 bits per heavy atom. The van der Waals surface area contributed by atoms with Crippen molar-refractivity contribution in [3.63, 3.8) is 0 Å². The molecule has 2 unspecified atom stereocenters. The molecule has 0 saturated heterocycles. The van der Waals surface area contributed by atoms with Crippen molar-refractivity contribution in [3.8, 4) is 5.75 Å². The van der Waals surface area contributed by atoms with Gasteiger partial charge in [-0.3, -0.25) is 0 Å². The highest BCUT2D eigenvalue weighted by Gasteiger charge is 2.33. The second kappa shape index (κ2) is 5.94. The molecule has 21 heavy (non-hydrogen) atoms. The molecule has 2 atom stereocenters. The zero-order valence-corrected chi connectivity index (χ0v) is 13.0. The lowest BCUT2D eigenvalue weighted by Crippen LogP contribution is -2.29. The van der Waals surface area contributed by atoms with Crippen LogP contribution in [0.2, 0.25) is 0 Å². The van der Waals surface area contributed by atoms with Gasteiger partial charge in [-0.05, 0) is 38.9 Å². The molecule has 3 heteroatoms. The first-order valence-electron chi connectivity index (χ1n) is 7.72. The van der Waals surface area contributed by atoms with Crippen LogP contribution in [0.4, 0.5) is 0 Å². The van der Waals surface area contributed by atoms with Gasteiger partial charge in [0.1, 0.15) is 17.3 Å². The first kappa shape index (κ1) is 14.2. The highest BCUT2D eigenvalue weighted by Crippen LogP contribution is 2.42. The number of ether oxygens (including phenoxy) is 1. The Kier molecular flexibility index (Phi) is 4.02. The second-order valence-corrected chi connectivity index (χ2v) is 5.76. The minimum absolute atomic E-state index is 0.242. The van der Waals surface area contributed by atoms with E-state index < -0.39 is 0 Å². The van der Waals surface area contributed by atoms with Crippen molar-refractivity contribution in [1.29, 1.82) is 0 Å². The molecular weight excluding hydrogens is 262 g/mol. The lowest BCUT2D eigenvalue weighted by molar-refractivity contribution is 0.298. The van der Waals surface area contributed by atoms with Gasteiger partial charge in [0, 0.05) is 23.1 Å². The highest BCUT2D eigenvalue weighted by atomic mass is 16.5. The van der Waals surface area contributed by atoms with Crippen molar-refractivity contribution in [2.75, 3.05) is 13.2 Å². The maximum atomic E-state index is 5.87. The van der Waals surface area contributed by atoms with Crippen LogP contribution in [-0.2, 0) is 0 Å². The molecule has 112 valence electrons. The number of hydrogen-bond acceptors (Lipinski definition) is 3. The number of para-hydroxylation sites is 1. The highest BCUT2D eigenvalue weighted by molar-refractivity contribution is 5.42. The van der Waals surface area contributed by atoms with E-state index >= 15 is 0 Å². The quantitative estimate of drug-likeness (QED) is 0.897. The van der Waals surface area contributed by atoms with Crippen molar-refractivity contribution < 1.29 is 9.15 Å². The number of hydrogen-bond donors (Lipinski definition) is 1. The maximum absolute atomic E-state index is 5.87. The molecule has 1 aromatic carbocycles. The van der Waals surface area contributed by atoms with Gasteiger partial charge in [-0.1, -0.05) is 25.1 Å². The summed E-state index contributed by atoms with van der Waals surface area (Å²) in [6.45, 7) is 7.96. The topological polar surface area (TPSA) is 34.4 Å². The van der Waals surface area contributed by atoms with Gasteiger partial charge in [-0.15, -0.1) is 0 Å². The number of benzene rings is 1. The summed E-state index contributed by atoms with van der Waals surface area (Å²) in [5.74, 6) is 3.33. The first-order chi connectivity index (χ1) is 10.2. The zero-order valence-electron chi connectivity index (χ0n) is 13.0. The van der Waals surface area contributed by atoms with Crippen molar-refractivity contribution in [2.45, 2.75) is 39.2 Å². The van der Waals surface area contributed by atoms with E-state index in [0.29, 0.717) is 5.92 Å². The molecule has 0 saturated carbocycles. The molecule has 3 rings (SSSR count). The second-order valence-electron chi connectivity index (χ2n) is 5.76. The number of nitrogens with one attached hydrogen (secondary N) is 1. The van der Waals surface area contributed by atoms with Crippen LogP contribution < -0.4 is 10.1 Å². The van der Waals surface area contributed by atoms with Crippen molar-refractivity contribution in [2.24, 2.45) is 0 Å². The third-order valence-electron chi connectivity index (χ3n) is 4.17. The molecule has 1 N–H and O–H groups in total. The molecule has 0 amide bonds. The van der Waals surface area contributed by atoms with E-state index in [2.05, 4.69) is 36.5 Å². The van der Waals surface area contributed by atoms with Crippen molar-refractivity contribution in [3.05, 3.63) is 53.0 Å². The molecule has 0 fully saturated rings. The van der Waals surface area contributed by atoms with E-state index in [1.54, 1.807) is 0 Å². The van der Waals surface area contributed by atoms with Crippen LogP contribution in [0.3, 0.4) is 0 Å². The van der Waals surface area contributed by atoms with Gasteiger partial charge >= 0.3 is 0 Å². The molecule has 2 heterocycles. The Bertz CT molecular complexity index is 617. The Hall–Kier alpha value is -1.74. The average molecular weight is 285 g/mol. The summed E-state index contributed by atoms with van der Waals surface area (Å²) < 4.78 is 11.6. The summed E-state index contributed by atoms with van der Waals surface area (Å²) in [4.78, 5) is 0. The smallest absolute Gasteiger partial charge is 0.122 e. The maximum Gasteiger partial charge on any atom is 0.122 e. The van der Waals surface area contributed by atoms with Crippen LogP contribution in [0.5, 0.6) is 5.75 Å². The predicted octanol–water partition coefficient (Wildman–Crippen LogP) is 4.11. The van der Waals surface area contributed by atoms with E-state index in [9.17, 15) is 0 Å². The first-order valence-corrected chi connectivity index (χ1v) is 7.72. The lowest BCUT2D eigenvalue weighted by Gasteiger charge is -2.24. The molecule has 0 spiro atoms. The van der Waals surface area contributed by atoms with Gasteiger partial charge < -0.3 is 14.5 Å². The fraction of sp³-hybridized carbons (Fsp3) is 0.444. The molecular formula is C18H23NO2. The van der Waals surface area contributed by atoms with Crippen LogP contribution in [0.1, 0.15) is 48.0 Å². The van der Waals surface area contributed by atoms with Gasteiger partial charge in [0.15, 0.2) is 0 Å². The number of fused-ring (bicyclic) bond motifs is 1. The molecule has 0 radical (unpaired) electrons. The summed E-state index contributed by atoms with van der Waals surface area (Å²) >= 11 is 0. The van der Waals surface area contributed by atoms with Crippen LogP contribution in [0, 0.1) is 13.8 Å². The van der Waals surface area contributed by atoms with Gasteiger partial charge in [0.25, 0.3) is 0 Å². The summed E-state index contributed by atoms with van der Waals surface area (Å²) in [6.07, 6.45) is 1.11. The standard InChI is InChI=1S/C18H23NO2/c1-4-9-19-18(15-10-12(2)21-13(15)3)16-11-20-17-8-6-5-7-14(16)17/h5-8,10,16,18-19H,4,9,11H2,1-3H3. The van der Waals surface area contributed by atoms with E-state index in [0.717, 1.165) is 36.8 Å². The fourth-order valence-electron chi connectivity index (χ4n) is 3.19. The Labute approximate surface area is 126 Å². The minimum atomic E-state index is 0.242. The molecule has 0 bridgehead atoms. The van der Waals surface area contributed by atoms with Gasteiger partial charge in [0.2, 0.25) is 0 Å². The third-order valence-corrected chi connectivity index (χ3v) is 4.17.